The van der Waals surface area contributed by atoms with Crippen molar-refractivity contribution >= 4 is 23.2 Å². The number of fused-ring (bicyclic) bond motifs is 1. The number of piperidine rings is 1. The topological polar surface area (TPSA) is 59.1 Å². The molecule has 0 unspecified atom stereocenters. The maximum Gasteiger partial charge on any atom is 0.275 e. The predicted octanol–water partition coefficient (Wildman–Crippen LogP) is 2.23. The van der Waals surface area contributed by atoms with Gasteiger partial charge < -0.3 is 9.64 Å². The van der Waals surface area contributed by atoms with Gasteiger partial charge in [-0.25, -0.2) is 5.06 Å². The summed E-state index contributed by atoms with van der Waals surface area (Å²) >= 11 is 1.49. The molecule has 136 valence electrons. The van der Waals surface area contributed by atoms with Crippen molar-refractivity contribution in [2.45, 2.75) is 44.8 Å². The Kier molecular flexibility index (Phi) is 4.80. The zero-order chi connectivity index (χ0) is 17.4. The van der Waals surface area contributed by atoms with Crippen molar-refractivity contribution in [1.82, 2.24) is 9.96 Å². The van der Waals surface area contributed by atoms with E-state index in [0.29, 0.717) is 25.6 Å². The summed E-state index contributed by atoms with van der Waals surface area (Å²) in [6, 6.07) is 1.94. The fourth-order valence-corrected chi connectivity index (χ4v) is 4.77. The quantitative estimate of drug-likeness (QED) is 0.807. The molecule has 1 aromatic rings. The lowest BCUT2D eigenvalue weighted by Crippen LogP contribution is -2.45. The van der Waals surface area contributed by atoms with Crippen LogP contribution < -0.4 is 0 Å². The second-order valence-corrected chi connectivity index (χ2v) is 8.08. The number of likely N-dealkylation sites (tertiary alicyclic amines) is 1. The van der Waals surface area contributed by atoms with E-state index in [4.69, 9.17) is 9.57 Å². The molecule has 2 amide bonds. The van der Waals surface area contributed by atoms with Crippen molar-refractivity contribution in [3.8, 4) is 0 Å². The highest BCUT2D eigenvalue weighted by molar-refractivity contribution is 7.12. The molecular formula is C18H24N2O4S. The highest BCUT2D eigenvalue weighted by Crippen LogP contribution is 2.35. The van der Waals surface area contributed by atoms with Crippen molar-refractivity contribution in [2.24, 2.45) is 5.92 Å². The van der Waals surface area contributed by atoms with Gasteiger partial charge in [0.2, 0.25) is 0 Å². The summed E-state index contributed by atoms with van der Waals surface area (Å²) in [4.78, 5) is 33.3. The second kappa shape index (κ2) is 7.05. The van der Waals surface area contributed by atoms with E-state index in [2.05, 4.69) is 0 Å². The summed E-state index contributed by atoms with van der Waals surface area (Å²) in [5.41, 5.74) is 1.12. The van der Waals surface area contributed by atoms with Gasteiger partial charge in [0.1, 0.15) is 6.10 Å². The minimum atomic E-state index is -0.424. The largest absolute Gasteiger partial charge is 0.363 e. The first-order valence-electron chi connectivity index (χ1n) is 9.06. The molecule has 7 heteroatoms. The van der Waals surface area contributed by atoms with Gasteiger partial charge in [-0.2, -0.15) is 0 Å². The van der Waals surface area contributed by atoms with Crippen LogP contribution in [0, 0.1) is 12.8 Å². The lowest BCUT2D eigenvalue weighted by Gasteiger charge is -2.33. The number of hydrogen-bond acceptors (Lipinski definition) is 5. The summed E-state index contributed by atoms with van der Waals surface area (Å²) in [7, 11) is 0. The number of thiophene rings is 1. The molecule has 25 heavy (non-hydrogen) atoms. The summed E-state index contributed by atoms with van der Waals surface area (Å²) in [6.07, 6.45) is 3.15. The lowest BCUT2D eigenvalue weighted by atomic mass is 9.91. The van der Waals surface area contributed by atoms with E-state index >= 15 is 0 Å². The Labute approximate surface area is 151 Å². The molecule has 3 saturated heterocycles. The van der Waals surface area contributed by atoms with E-state index in [1.807, 2.05) is 23.3 Å². The van der Waals surface area contributed by atoms with E-state index in [1.165, 1.54) is 16.4 Å². The molecule has 1 aromatic heterocycles. The van der Waals surface area contributed by atoms with Crippen LogP contribution in [0.25, 0.3) is 0 Å². The molecule has 0 N–H and O–H groups in total. The summed E-state index contributed by atoms with van der Waals surface area (Å²) < 4.78 is 6.04. The number of nitrogens with zero attached hydrogens (tertiary/aromatic N) is 2. The molecule has 3 aliphatic heterocycles. The molecule has 4 heterocycles. The van der Waals surface area contributed by atoms with Crippen molar-refractivity contribution in [3.63, 3.8) is 0 Å². The minimum Gasteiger partial charge on any atom is -0.363 e. The molecule has 3 atom stereocenters. The number of rotatable bonds is 2. The van der Waals surface area contributed by atoms with E-state index in [0.717, 1.165) is 42.7 Å². The van der Waals surface area contributed by atoms with Crippen LogP contribution in [0.1, 0.15) is 40.9 Å². The fourth-order valence-electron chi connectivity index (χ4n) is 3.90. The first-order valence-corrected chi connectivity index (χ1v) is 9.94. The van der Waals surface area contributed by atoms with E-state index in [1.54, 1.807) is 0 Å². The molecule has 0 aromatic carbocycles. The van der Waals surface area contributed by atoms with E-state index in [9.17, 15) is 9.59 Å². The Hall–Kier alpha value is -1.44. The Balaban J connectivity index is 1.37. The molecule has 0 aliphatic carbocycles. The molecule has 0 spiro atoms. The molecule has 6 nitrogen and oxygen atoms in total. The Morgan fingerprint density at radius 1 is 1.28 bits per heavy atom. The van der Waals surface area contributed by atoms with Crippen molar-refractivity contribution in [3.05, 3.63) is 21.9 Å². The normalized spacial score (nSPS) is 29.6. The number of carbonyl (C=O) groups excluding carboxylic acids is 2. The highest BCUT2D eigenvalue weighted by Gasteiger charge is 2.44. The smallest absolute Gasteiger partial charge is 0.275 e. The Morgan fingerprint density at radius 2 is 2.16 bits per heavy atom. The van der Waals surface area contributed by atoms with Crippen molar-refractivity contribution in [2.75, 3.05) is 26.2 Å². The van der Waals surface area contributed by atoms with Crippen LogP contribution in [-0.2, 0) is 14.4 Å². The number of aryl methyl sites for hydroxylation is 1. The van der Waals surface area contributed by atoms with Gasteiger partial charge in [-0.05, 0) is 55.5 Å². The summed E-state index contributed by atoms with van der Waals surface area (Å²) in [6.45, 7) is 4.56. The average Bonchev–Trinajstić information content (AvgIpc) is 3.26. The second-order valence-electron chi connectivity index (χ2n) is 7.17. The zero-order valence-corrected chi connectivity index (χ0v) is 15.3. The highest BCUT2D eigenvalue weighted by atomic mass is 32.1. The van der Waals surface area contributed by atoms with Crippen LogP contribution in [0.2, 0.25) is 0 Å². The van der Waals surface area contributed by atoms with Gasteiger partial charge in [-0.1, -0.05) is 0 Å². The van der Waals surface area contributed by atoms with Crippen LogP contribution in [0.3, 0.4) is 0 Å². The van der Waals surface area contributed by atoms with Crippen LogP contribution in [-0.4, -0.2) is 60.2 Å². The number of amides is 2. The van der Waals surface area contributed by atoms with Crippen LogP contribution in [0.5, 0.6) is 0 Å². The SMILES string of the molecule is Cc1csc(C(=O)N2CC[C@H]3C[C@@H](C(=O)N4CCCCO4)O[C@@H]3C2)c1. The number of hydroxylamine groups is 2. The molecule has 0 saturated carbocycles. The fraction of sp³-hybridized carbons (Fsp3) is 0.667. The zero-order valence-electron chi connectivity index (χ0n) is 14.5. The van der Waals surface area contributed by atoms with Gasteiger partial charge in [-0.15, -0.1) is 11.3 Å². The first kappa shape index (κ1) is 17.0. The monoisotopic (exact) mass is 364 g/mol. The molecular weight excluding hydrogens is 340 g/mol. The van der Waals surface area contributed by atoms with Crippen molar-refractivity contribution in [1.29, 1.82) is 0 Å². The van der Waals surface area contributed by atoms with E-state index in [-0.39, 0.29) is 17.9 Å². The summed E-state index contributed by atoms with van der Waals surface area (Å²) in [5, 5.41) is 3.47. The predicted molar refractivity (Wildman–Crippen MR) is 93.2 cm³/mol. The standard InChI is InChI=1S/C18H24N2O4S/c1-12-8-16(25-11-12)18(22)19-6-4-13-9-14(24-15(13)10-19)17(21)20-5-2-3-7-23-20/h8,11,13-15H,2-7,9-10H2,1H3/t13-,14-,15+/m0/s1. The maximum atomic E-state index is 12.6. The first-order chi connectivity index (χ1) is 12.1. The third-order valence-corrected chi connectivity index (χ3v) is 6.34. The summed E-state index contributed by atoms with van der Waals surface area (Å²) in [5.74, 6) is 0.378. The van der Waals surface area contributed by atoms with Crippen LogP contribution in [0.15, 0.2) is 11.4 Å². The van der Waals surface area contributed by atoms with Crippen LogP contribution in [0.4, 0.5) is 0 Å². The van der Waals surface area contributed by atoms with Gasteiger partial charge in [0.15, 0.2) is 0 Å². The third-order valence-electron chi connectivity index (χ3n) is 5.30. The molecule has 0 radical (unpaired) electrons. The number of ether oxygens (including phenoxy) is 1. The van der Waals surface area contributed by atoms with Gasteiger partial charge in [0, 0.05) is 19.6 Å². The minimum absolute atomic E-state index is 0.0440. The molecule has 3 aliphatic rings. The third kappa shape index (κ3) is 3.45. The maximum absolute atomic E-state index is 12.6. The lowest BCUT2D eigenvalue weighted by molar-refractivity contribution is -0.206. The van der Waals surface area contributed by atoms with Gasteiger partial charge in [0.05, 0.1) is 17.6 Å². The molecule has 3 fully saturated rings. The molecule has 4 rings (SSSR count). The molecule has 0 bridgehead atoms. The average molecular weight is 364 g/mol. The number of carbonyl (C=O) groups is 2. The van der Waals surface area contributed by atoms with Gasteiger partial charge >= 0.3 is 0 Å². The number of hydrogen-bond donors (Lipinski definition) is 0. The Bertz CT molecular complexity index is 655. The van der Waals surface area contributed by atoms with Gasteiger partial charge in [-0.3, -0.25) is 14.4 Å². The van der Waals surface area contributed by atoms with Crippen molar-refractivity contribution < 1.29 is 19.2 Å². The van der Waals surface area contributed by atoms with E-state index < -0.39 is 6.10 Å². The Morgan fingerprint density at radius 3 is 2.88 bits per heavy atom. The van der Waals surface area contributed by atoms with Crippen LogP contribution >= 0.6 is 11.3 Å². The van der Waals surface area contributed by atoms with Gasteiger partial charge in [0.25, 0.3) is 11.8 Å².